The van der Waals surface area contributed by atoms with Gasteiger partial charge in [0.25, 0.3) is 0 Å². The molecule has 0 spiro atoms. The fourth-order valence-electron chi connectivity index (χ4n) is 1.55. The third kappa shape index (κ3) is 4.70. The van der Waals surface area contributed by atoms with E-state index < -0.39 is 18.0 Å². The van der Waals surface area contributed by atoms with Gasteiger partial charge in [0.2, 0.25) is 6.04 Å². The second-order valence-electron chi connectivity index (χ2n) is 4.20. The van der Waals surface area contributed by atoms with Crippen LogP contribution in [0.5, 0.6) is 0 Å². The van der Waals surface area contributed by atoms with Crippen molar-refractivity contribution in [2.75, 3.05) is 13.2 Å². The van der Waals surface area contributed by atoms with Gasteiger partial charge in [-0.3, -0.25) is 4.99 Å². The van der Waals surface area contributed by atoms with Crippen LogP contribution in [0.1, 0.15) is 26.7 Å². The lowest BCUT2D eigenvalue weighted by Crippen LogP contribution is -2.32. The predicted molar refractivity (Wildman–Crippen MR) is 67.4 cm³/mol. The Hall–Kier alpha value is -1.90. The van der Waals surface area contributed by atoms with Crippen LogP contribution in [0.15, 0.2) is 4.99 Å². The Bertz CT molecular complexity index is 378. The summed E-state index contributed by atoms with van der Waals surface area (Å²) in [4.78, 5) is 27.1. The smallest absolute Gasteiger partial charge is 0.342 e. The number of aliphatic imine (C=N–C) groups is 1. The van der Waals surface area contributed by atoms with Gasteiger partial charge in [0.15, 0.2) is 0 Å². The van der Waals surface area contributed by atoms with Crippen LogP contribution in [0, 0.1) is 23.2 Å². The van der Waals surface area contributed by atoms with Crippen molar-refractivity contribution in [3.05, 3.63) is 0 Å². The first-order valence-electron chi connectivity index (χ1n) is 6.40. The van der Waals surface area contributed by atoms with Gasteiger partial charge in [0, 0.05) is 6.21 Å². The minimum Gasteiger partial charge on any atom is -0.464 e. The zero-order chi connectivity index (χ0) is 14.3. The lowest BCUT2D eigenvalue weighted by Gasteiger charge is -2.10. The molecule has 0 aromatic heterocycles. The third-order valence-corrected chi connectivity index (χ3v) is 2.69. The van der Waals surface area contributed by atoms with Crippen LogP contribution in [0.25, 0.3) is 0 Å². The Kier molecular flexibility index (Phi) is 6.00. The molecule has 0 aromatic carbocycles. The fraction of sp³-hybridized carbons (Fsp3) is 0.692. The lowest BCUT2D eigenvalue weighted by molar-refractivity contribution is -0.156. The number of hydrogen-bond acceptors (Lipinski definition) is 6. The van der Waals surface area contributed by atoms with Crippen LogP contribution < -0.4 is 0 Å². The topological polar surface area (TPSA) is 88.8 Å². The molecule has 1 atom stereocenters. The van der Waals surface area contributed by atoms with Crippen molar-refractivity contribution in [1.29, 1.82) is 5.26 Å². The number of rotatable bonds is 7. The number of carbonyl (C=O) groups excluding carboxylic acids is 2. The van der Waals surface area contributed by atoms with Crippen LogP contribution in [0.4, 0.5) is 0 Å². The Morgan fingerprint density at radius 1 is 1.32 bits per heavy atom. The number of ether oxygens (including phenoxy) is 2. The summed E-state index contributed by atoms with van der Waals surface area (Å²) in [6.07, 6.45) is 3.33. The number of esters is 2. The molecular formula is C13H18N2O4. The number of nitriles is 1. The molecule has 0 N–H and O–H groups in total. The highest BCUT2D eigenvalue weighted by molar-refractivity contribution is 6.00. The summed E-state index contributed by atoms with van der Waals surface area (Å²) < 4.78 is 9.55. The Balaban J connectivity index is 2.72. The molecule has 0 radical (unpaired) electrons. The van der Waals surface area contributed by atoms with E-state index in [4.69, 9.17) is 14.7 Å². The van der Waals surface area contributed by atoms with E-state index in [1.54, 1.807) is 13.8 Å². The second-order valence-corrected chi connectivity index (χ2v) is 4.20. The summed E-state index contributed by atoms with van der Waals surface area (Å²) in [7, 11) is 0. The molecule has 6 heteroatoms. The average Bonchev–Trinajstić information content (AvgIpc) is 3.19. The number of nitrogens with zero attached hydrogens (tertiary/aromatic N) is 2. The van der Waals surface area contributed by atoms with Crippen LogP contribution in [0.3, 0.4) is 0 Å². The highest BCUT2D eigenvalue weighted by Gasteiger charge is 2.32. The highest BCUT2D eigenvalue weighted by atomic mass is 16.6. The van der Waals surface area contributed by atoms with Gasteiger partial charge in [-0.2, -0.15) is 5.26 Å². The van der Waals surface area contributed by atoms with E-state index in [0.717, 1.165) is 12.8 Å². The van der Waals surface area contributed by atoms with Crippen LogP contribution in [0.2, 0.25) is 0 Å². The molecular weight excluding hydrogens is 248 g/mol. The average molecular weight is 266 g/mol. The molecule has 6 nitrogen and oxygen atoms in total. The van der Waals surface area contributed by atoms with E-state index in [-0.39, 0.29) is 19.1 Å². The minimum atomic E-state index is -1.32. The zero-order valence-corrected chi connectivity index (χ0v) is 11.2. The van der Waals surface area contributed by atoms with E-state index in [9.17, 15) is 9.59 Å². The maximum atomic E-state index is 11.6. The number of carbonyl (C=O) groups is 2. The summed E-state index contributed by atoms with van der Waals surface area (Å²) in [5.74, 6) is -1.56. The van der Waals surface area contributed by atoms with Gasteiger partial charge in [-0.15, -0.1) is 0 Å². The summed E-state index contributed by atoms with van der Waals surface area (Å²) in [5, 5.41) is 8.96. The van der Waals surface area contributed by atoms with Crippen molar-refractivity contribution >= 4 is 18.2 Å². The van der Waals surface area contributed by atoms with Crippen molar-refractivity contribution in [2.24, 2.45) is 16.8 Å². The summed E-state index contributed by atoms with van der Waals surface area (Å²) in [5.41, 5.74) is 0. The van der Waals surface area contributed by atoms with Gasteiger partial charge in [0.1, 0.15) is 0 Å². The lowest BCUT2D eigenvalue weighted by atomic mass is 10.1. The first-order valence-corrected chi connectivity index (χ1v) is 6.40. The Morgan fingerprint density at radius 2 is 1.84 bits per heavy atom. The summed E-state index contributed by atoms with van der Waals surface area (Å²) in [6.45, 7) is 3.61. The summed E-state index contributed by atoms with van der Waals surface area (Å²) in [6, 6.07) is 0.783. The van der Waals surface area contributed by atoms with Crippen molar-refractivity contribution in [1.82, 2.24) is 0 Å². The normalized spacial score (nSPS) is 16.1. The molecule has 0 bridgehead atoms. The Labute approximate surface area is 112 Å². The minimum absolute atomic E-state index is 0.161. The molecule has 0 aliphatic heterocycles. The standard InChI is InChI=1S/C13H18N2O4/c1-3-18-12(16)11(13(17)19-4-2)15-8-10(7-14)9-5-6-9/h8-11H,3-6H2,1-2H3. The van der Waals surface area contributed by atoms with E-state index in [0.29, 0.717) is 5.92 Å². The van der Waals surface area contributed by atoms with E-state index >= 15 is 0 Å². The molecule has 104 valence electrons. The fourth-order valence-corrected chi connectivity index (χ4v) is 1.55. The molecule has 1 unspecified atom stereocenters. The van der Waals surface area contributed by atoms with Gasteiger partial charge in [0.05, 0.1) is 25.2 Å². The largest absolute Gasteiger partial charge is 0.464 e. The van der Waals surface area contributed by atoms with Crippen LogP contribution in [-0.4, -0.2) is 37.4 Å². The van der Waals surface area contributed by atoms with Gasteiger partial charge in [-0.1, -0.05) is 0 Å². The SMILES string of the molecule is CCOC(=O)C(N=CC(C#N)C1CC1)C(=O)OCC. The molecule has 1 fully saturated rings. The molecule has 0 heterocycles. The quantitative estimate of drug-likeness (QED) is 0.391. The molecule has 0 saturated heterocycles. The van der Waals surface area contributed by atoms with Gasteiger partial charge >= 0.3 is 11.9 Å². The molecule has 0 amide bonds. The molecule has 19 heavy (non-hydrogen) atoms. The predicted octanol–water partition coefficient (Wildman–Crippen LogP) is 1.10. The van der Waals surface area contributed by atoms with Crippen molar-refractivity contribution in [3.8, 4) is 6.07 Å². The van der Waals surface area contributed by atoms with Gasteiger partial charge in [-0.05, 0) is 32.6 Å². The van der Waals surface area contributed by atoms with E-state index in [1.807, 2.05) is 0 Å². The van der Waals surface area contributed by atoms with E-state index in [1.165, 1.54) is 6.21 Å². The maximum absolute atomic E-state index is 11.6. The van der Waals surface area contributed by atoms with Crippen molar-refractivity contribution in [2.45, 2.75) is 32.7 Å². The zero-order valence-electron chi connectivity index (χ0n) is 11.2. The van der Waals surface area contributed by atoms with E-state index in [2.05, 4.69) is 11.1 Å². The van der Waals surface area contributed by atoms with Crippen LogP contribution >= 0.6 is 0 Å². The Morgan fingerprint density at radius 3 is 2.21 bits per heavy atom. The molecule has 1 saturated carbocycles. The number of hydrogen-bond donors (Lipinski definition) is 0. The molecule has 1 rings (SSSR count). The van der Waals surface area contributed by atoms with Crippen molar-refractivity contribution in [3.63, 3.8) is 0 Å². The monoisotopic (exact) mass is 266 g/mol. The highest BCUT2D eigenvalue weighted by Crippen LogP contribution is 2.35. The molecule has 1 aliphatic rings. The molecule has 1 aliphatic carbocycles. The third-order valence-electron chi connectivity index (χ3n) is 2.69. The van der Waals surface area contributed by atoms with Crippen LogP contribution in [-0.2, 0) is 19.1 Å². The van der Waals surface area contributed by atoms with Gasteiger partial charge < -0.3 is 9.47 Å². The summed E-state index contributed by atoms with van der Waals surface area (Å²) >= 11 is 0. The maximum Gasteiger partial charge on any atom is 0.342 e. The molecule has 0 aromatic rings. The van der Waals surface area contributed by atoms with Crippen molar-refractivity contribution < 1.29 is 19.1 Å². The second kappa shape index (κ2) is 7.52. The van der Waals surface area contributed by atoms with Gasteiger partial charge in [-0.25, -0.2) is 9.59 Å². The first kappa shape index (κ1) is 15.2. The first-order chi connectivity index (χ1) is 9.13.